The molecule has 0 spiro atoms. The smallest absolute Gasteiger partial charge is 0.270 e. The predicted octanol–water partition coefficient (Wildman–Crippen LogP) is 3.32. The van der Waals surface area contributed by atoms with Crippen molar-refractivity contribution >= 4 is 11.0 Å². The number of benzene rings is 1. The summed E-state index contributed by atoms with van der Waals surface area (Å²) in [5.41, 5.74) is 2.08. The van der Waals surface area contributed by atoms with Crippen molar-refractivity contribution in [3.8, 4) is 5.75 Å². The molecule has 1 aliphatic carbocycles. The molecule has 1 heterocycles. The predicted molar refractivity (Wildman–Crippen MR) is 94.6 cm³/mol. The quantitative estimate of drug-likeness (QED) is 0.716. The van der Waals surface area contributed by atoms with E-state index in [0.29, 0.717) is 5.69 Å². The molecule has 0 bridgehead atoms. The van der Waals surface area contributed by atoms with E-state index in [2.05, 4.69) is 9.97 Å². The van der Waals surface area contributed by atoms with Crippen LogP contribution in [0.1, 0.15) is 37.8 Å². The number of ether oxygens (including phenoxy) is 2. The number of hydrogen-bond acceptors (Lipinski definition) is 4. The third-order valence-electron chi connectivity index (χ3n) is 4.91. The largest absolute Gasteiger partial charge is 0.497 e. The fourth-order valence-electron chi connectivity index (χ4n) is 3.36. The van der Waals surface area contributed by atoms with Crippen molar-refractivity contribution in [2.45, 2.75) is 38.5 Å². The van der Waals surface area contributed by atoms with Crippen LogP contribution in [0.2, 0.25) is 0 Å². The number of nitrogens with zero attached hydrogens (tertiary/aromatic N) is 1. The van der Waals surface area contributed by atoms with Gasteiger partial charge in [-0.2, -0.15) is 0 Å². The van der Waals surface area contributed by atoms with Gasteiger partial charge in [-0.25, -0.2) is 4.98 Å². The zero-order valence-electron chi connectivity index (χ0n) is 14.5. The van der Waals surface area contributed by atoms with Crippen LogP contribution in [0.25, 0.3) is 11.0 Å². The van der Waals surface area contributed by atoms with E-state index in [1.807, 2.05) is 12.1 Å². The molecule has 0 amide bonds. The van der Waals surface area contributed by atoms with Crippen LogP contribution < -0.4 is 10.3 Å². The van der Waals surface area contributed by atoms with Crippen molar-refractivity contribution < 1.29 is 9.47 Å². The summed E-state index contributed by atoms with van der Waals surface area (Å²) in [6.07, 6.45) is 6.74. The molecule has 0 aliphatic heterocycles. The Morgan fingerprint density at radius 2 is 2.08 bits per heavy atom. The van der Waals surface area contributed by atoms with Crippen molar-refractivity contribution in [2.75, 3.05) is 20.8 Å². The lowest BCUT2D eigenvalue weighted by Gasteiger charge is -2.05. The van der Waals surface area contributed by atoms with Crippen molar-refractivity contribution in [3.05, 3.63) is 34.2 Å². The lowest BCUT2D eigenvalue weighted by Crippen LogP contribution is -2.15. The second kappa shape index (κ2) is 7.79. The monoisotopic (exact) mass is 330 g/mol. The lowest BCUT2D eigenvalue weighted by atomic mass is 10.1. The standard InChI is InChI=1S/C19H26N2O3/c1-23-12-14-10-13(14)6-4-3-5-7-17-19(22)21-18-11-15(24-2)8-9-16(18)20-17/h8-9,11,13-14H,3-7,10,12H2,1-2H3,(H,21,22). The van der Waals surface area contributed by atoms with Crippen LogP contribution in [-0.4, -0.2) is 30.8 Å². The molecule has 0 saturated heterocycles. The highest BCUT2D eigenvalue weighted by Gasteiger charge is 2.35. The van der Waals surface area contributed by atoms with Gasteiger partial charge in [0.15, 0.2) is 0 Å². The van der Waals surface area contributed by atoms with E-state index in [1.165, 1.54) is 19.3 Å². The van der Waals surface area contributed by atoms with Gasteiger partial charge < -0.3 is 14.5 Å². The lowest BCUT2D eigenvalue weighted by molar-refractivity contribution is 0.180. The Morgan fingerprint density at radius 1 is 1.21 bits per heavy atom. The molecule has 5 nitrogen and oxygen atoms in total. The van der Waals surface area contributed by atoms with Crippen LogP contribution in [0.4, 0.5) is 0 Å². The summed E-state index contributed by atoms with van der Waals surface area (Å²) in [6.45, 7) is 0.909. The average Bonchev–Trinajstić information content (AvgIpc) is 3.32. The molecule has 130 valence electrons. The summed E-state index contributed by atoms with van der Waals surface area (Å²) in [5.74, 6) is 2.37. The summed E-state index contributed by atoms with van der Waals surface area (Å²) in [4.78, 5) is 19.6. The molecule has 5 heteroatoms. The molecule has 1 aliphatic rings. The zero-order valence-corrected chi connectivity index (χ0v) is 14.5. The maximum atomic E-state index is 12.2. The van der Waals surface area contributed by atoms with Gasteiger partial charge >= 0.3 is 0 Å². The van der Waals surface area contributed by atoms with E-state index < -0.39 is 0 Å². The Balaban J connectivity index is 1.48. The Morgan fingerprint density at radius 3 is 2.88 bits per heavy atom. The van der Waals surface area contributed by atoms with Crippen molar-refractivity contribution in [2.24, 2.45) is 11.8 Å². The highest BCUT2D eigenvalue weighted by molar-refractivity contribution is 5.75. The molecule has 1 saturated carbocycles. The summed E-state index contributed by atoms with van der Waals surface area (Å²) >= 11 is 0. The number of aryl methyl sites for hydroxylation is 1. The molecule has 1 aromatic heterocycles. The first kappa shape index (κ1) is 17.0. The first-order valence-electron chi connectivity index (χ1n) is 8.77. The maximum Gasteiger partial charge on any atom is 0.270 e. The number of nitrogens with one attached hydrogen (secondary N) is 1. The number of hydrogen-bond donors (Lipinski definition) is 1. The van der Waals surface area contributed by atoms with Gasteiger partial charge in [-0.15, -0.1) is 0 Å². The van der Waals surface area contributed by atoms with Crippen LogP contribution >= 0.6 is 0 Å². The van der Waals surface area contributed by atoms with Crippen LogP contribution in [0, 0.1) is 11.8 Å². The molecule has 2 aromatic rings. The first-order valence-corrected chi connectivity index (χ1v) is 8.77. The van der Waals surface area contributed by atoms with E-state index in [1.54, 1.807) is 20.3 Å². The van der Waals surface area contributed by atoms with E-state index in [0.717, 1.165) is 54.5 Å². The number of H-pyrrole nitrogens is 1. The molecule has 24 heavy (non-hydrogen) atoms. The number of aromatic amines is 1. The molecule has 1 fully saturated rings. The molecule has 2 unspecified atom stereocenters. The molecule has 2 atom stereocenters. The number of methoxy groups -OCH3 is 2. The second-order valence-corrected chi connectivity index (χ2v) is 6.71. The van der Waals surface area contributed by atoms with Gasteiger partial charge in [0.05, 0.1) is 18.1 Å². The van der Waals surface area contributed by atoms with Crippen LogP contribution in [-0.2, 0) is 11.2 Å². The summed E-state index contributed by atoms with van der Waals surface area (Å²) in [6, 6.07) is 5.56. The van der Waals surface area contributed by atoms with Crippen LogP contribution in [0.3, 0.4) is 0 Å². The van der Waals surface area contributed by atoms with E-state index >= 15 is 0 Å². The minimum absolute atomic E-state index is 0.0851. The van der Waals surface area contributed by atoms with Gasteiger partial charge in [0, 0.05) is 19.8 Å². The zero-order chi connectivity index (χ0) is 16.9. The third kappa shape index (κ3) is 4.15. The maximum absolute atomic E-state index is 12.2. The molecule has 1 aromatic carbocycles. The minimum atomic E-state index is -0.0851. The second-order valence-electron chi connectivity index (χ2n) is 6.71. The van der Waals surface area contributed by atoms with Gasteiger partial charge in [-0.3, -0.25) is 4.79 Å². The highest BCUT2D eigenvalue weighted by Crippen LogP contribution is 2.42. The normalized spacial score (nSPS) is 19.6. The number of fused-ring (bicyclic) bond motifs is 1. The number of unbranched alkanes of at least 4 members (excludes halogenated alkanes) is 2. The molecule has 1 N–H and O–H groups in total. The van der Waals surface area contributed by atoms with Gasteiger partial charge in [-0.1, -0.05) is 19.3 Å². The van der Waals surface area contributed by atoms with Gasteiger partial charge in [-0.05, 0) is 43.2 Å². The Labute approximate surface area is 142 Å². The summed E-state index contributed by atoms with van der Waals surface area (Å²) < 4.78 is 10.4. The Bertz CT molecular complexity index is 741. The summed E-state index contributed by atoms with van der Waals surface area (Å²) in [7, 11) is 3.39. The average molecular weight is 330 g/mol. The van der Waals surface area contributed by atoms with Gasteiger partial charge in [0.25, 0.3) is 5.56 Å². The molecule has 3 rings (SSSR count). The van der Waals surface area contributed by atoms with E-state index in [9.17, 15) is 4.79 Å². The summed E-state index contributed by atoms with van der Waals surface area (Å²) in [5, 5.41) is 0. The van der Waals surface area contributed by atoms with Crippen molar-refractivity contribution in [1.82, 2.24) is 9.97 Å². The van der Waals surface area contributed by atoms with Gasteiger partial charge in [0.2, 0.25) is 0 Å². The molecular formula is C19H26N2O3. The number of aromatic nitrogens is 2. The number of rotatable bonds is 9. The fraction of sp³-hybridized carbons (Fsp3) is 0.579. The highest BCUT2D eigenvalue weighted by atomic mass is 16.5. The van der Waals surface area contributed by atoms with Gasteiger partial charge in [0.1, 0.15) is 11.4 Å². The molecule has 0 radical (unpaired) electrons. The van der Waals surface area contributed by atoms with Crippen molar-refractivity contribution in [3.63, 3.8) is 0 Å². The van der Waals surface area contributed by atoms with Crippen LogP contribution in [0.5, 0.6) is 5.75 Å². The van der Waals surface area contributed by atoms with Crippen LogP contribution in [0.15, 0.2) is 23.0 Å². The molecular weight excluding hydrogens is 304 g/mol. The SMILES string of the molecule is COCC1CC1CCCCCc1nc2ccc(OC)cc2[nH]c1=O. The van der Waals surface area contributed by atoms with E-state index in [-0.39, 0.29) is 5.56 Å². The van der Waals surface area contributed by atoms with Crippen molar-refractivity contribution in [1.29, 1.82) is 0 Å². The topological polar surface area (TPSA) is 64.2 Å². The fourth-order valence-corrected chi connectivity index (χ4v) is 3.36. The Hall–Kier alpha value is -1.88. The third-order valence-corrected chi connectivity index (χ3v) is 4.91. The Kier molecular flexibility index (Phi) is 5.51. The minimum Gasteiger partial charge on any atom is -0.497 e. The van der Waals surface area contributed by atoms with E-state index in [4.69, 9.17) is 9.47 Å². The first-order chi connectivity index (χ1) is 11.7.